The summed E-state index contributed by atoms with van der Waals surface area (Å²) in [5, 5.41) is 0. The van der Waals surface area contributed by atoms with E-state index in [2.05, 4.69) is 36.2 Å². The van der Waals surface area contributed by atoms with Crippen molar-refractivity contribution in [1.82, 2.24) is 4.90 Å². The Labute approximate surface area is 121 Å². The number of nitrogens with zero attached hydrogens (tertiary/aromatic N) is 1. The van der Waals surface area contributed by atoms with Crippen LogP contribution in [-0.4, -0.2) is 25.6 Å². The Morgan fingerprint density at radius 1 is 1.10 bits per heavy atom. The molecule has 2 aromatic carbocycles. The third-order valence-electron chi connectivity index (χ3n) is 3.33. The summed E-state index contributed by atoms with van der Waals surface area (Å²) in [7, 11) is 3.76. The van der Waals surface area contributed by atoms with Crippen molar-refractivity contribution in [3.05, 3.63) is 65.7 Å². The lowest BCUT2D eigenvalue weighted by molar-refractivity contribution is 0.305. The number of hydrogen-bond donors (Lipinski definition) is 1. The highest BCUT2D eigenvalue weighted by atomic mass is 16.5. The normalized spacial score (nSPS) is 12.4. The molecule has 0 aliphatic heterocycles. The maximum Gasteiger partial charge on any atom is 0.119 e. The van der Waals surface area contributed by atoms with E-state index in [0.717, 1.165) is 24.4 Å². The zero-order chi connectivity index (χ0) is 14.4. The van der Waals surface area contributed by atoms with Gasteiger partial charge in [-0.05, 0) is 30.3 Å². The van der Waals surface area contributed by atoms with Crippen molar-refractivity contribution in [2.75, 3.05) is 20.7 Å². The minimum absolute atomic E-state index is 0.0150. The average Bonchev–Trinajstić information content (AvgIpc) is 2.48. The van der Waals surface area contributed by atoms with Crippen LogP contribution in [0.4, 0.5) is 0 Å². The summed E-state index contributed by atoms with van der Waals surface area (Å²) in [4.78, 5) is 2.24. The Morgan fingerprint density at radius 2 is 1.85 bits per heavy atom. The van der Waals surface area contributed by atoms with Crippen LogP contribution in [0.15, 0.2) is 54.6 Å². The van der Waals surface area contributed by atoms with Gasteiger partial charge in [-0.3, -0.25) is 0 Å². The molecule has 0 amide bonds. The molecule has 0 radical (unpaired) electrons. The van der Waals surface area contributed by atoms with Gasteiger partial charge in [0.25, 0.3) is 0 Å². The van der Waals surface area contributed by atoms with E-state index in [1.54, 1.807) is 7.11 Å². The van der Waals surface area contributed by atoms with Gasteiger partial charge in [-0.25, -0.2) is 0 Å². The largest absolute Gasteiger partial charge is 0.497 e. The van der Waals surface area contributed by atoms with Crippen LogP contribution in [0.2, 0.25) is 0 Å². The zero-order valence-corrected chi connectivity index (χ0v) is 12.1. The van der Waals surface area contributed by atoms with Gasteiger partial charge in [-0.1, -0.05) is 42.5 Å². The molecule has 0 saturated carbocycles. The van der Waals surface area contributed by atoms with Crippen molar-refractivity contribution in [3.63, 3.8) is 0 Å². The fourth-order valence-electron chi connectivity index (χ4n) is 2.27. The highest BCUT2D eigenvalue weighted by Crippen LogP contribution is 2.18. The third kappa shape index (κ3) is 4.08. The van der Waals surface area contributed by atoms with E-state index in [-0.39, 0.29) is 6.04 Å². The van der Waals surface area contributed by atoms with E-state index in [1.165, 1.54) is 5.56 Å². The number of rotatable bonds is 6. The Bertz CT molecular complexity index is 528. The summed E-state index contributed by atoms with van der Waals surface area (Å²) in [6, 6.07) is 18.4. The summed E-state index contributed by atoms with van der Waals surface area (Å²) >= 11 is 0. The molecule has 0 heterocycles. The van der Waals surface area contributed by atoms with Crippen molar-refractivity contribution < 1.29 is 4.74 Å². The van der Waals surface area contributed by atoms with Crippen molar-refractivity contribution in [2.24, 2.45) is 5.73 Å². The maximum absolute atomic E-state index is 6.28. The molecule has 1 atom stereocenters. The van der Waals surface area contributed by atoms with Gasteiger partial charge in [0.2, 0.25) is 0 Å². The minimum Gasteiger partial charge on any atom is -0.497 e. The van der Waals surface area contributed by atoms with Crippen LogP contribution in [0.1, 0.15) is 17.2 Å². The van der Waals surface area contributed by atoms with Crippen LogP contribution in [0.25, 0.3) is 0 Å². The van der Waals surface area contributed by atoms with Crippen molar-refractivity contribution in [2.45, 2.75) is 12.6 Å². The SMILES string of the molecule is COc1cccc(C(N)CN(C)Cc2ccccc2)c1. The van der Waals surface area contributed by atoms with Gasteiger partial charge < -0.3 is 15.4 Å². The first-order valence-electron chi connectivity index (χ1n) is 6.81. The number of hydrogen-bond acceptors (Lipinski definition) is 3. The molecule has 0 fully saturated rings. The predicted molar refractivity (Wildman–Crippen MR) is 82.7 cm³/mol. The molecule has 0 aromatic heterocycles. The molecule has 2 aromatic rings. The van der Waals surface area contributed by atoms with Crippen LogP contribution < -0.4 is 10.5 Å². The molecule has 106 valence electrons. The number of ether oxygens (including phenoxy) is 1. The Balaban J connectivity index is 1.94. The molecule has 0 saturated heterocycles. The van der Waals surface area contributed by atoms with Gasteiger partial charge in [-0.15, -0.1) is 0 Å². The minimum atomic E-state index is -0.0150. The third-order valence-corrected chi connectivity index (χ3v) is 3.33. The van der Waals surface area contributed by atoms with Crippen LogP contribution in [0, 0.1) is 0 Å². The highest BCUT2D eigenvalue weighted by Gasteiger charge is 2.10. The molecule has 1 unspecified atom stereocenters. The molecule has 3 heteroatoms. The van der Waals surface area contributed by atoms with Gasteiger partial charge >= 0.3 is 0 Å². The molecular weight excluding hydrogens is 248 g/mol. The maximum atomic E-state index is 6.28. The van der Waals surface area contributed by atoms with Crippen molar-refractivity contribution in [3.8, 4) is 5.75 Å². The van der Waals surface area contributed by atoms with E-state index in [4.69, 9.17) is 10.5 Å². The number of likely N-dealkylation sites (N-methyl/N-ethyl adjacent to an activating group) is 1. The van der Waals surface area contributed by atoms with Gasteiger partial charge in [0.15, 0.2) is 0 Å². The lowest BCUT2D eigenvalue weighted by Gasteiger charge is -2.22. The first-order chi connectivity index (χ1) is 9.69. The van der Waals surface area contributed by atoms with E-state index in [1.807, 2.05) is 30.3 Å². The highest BCUT2D eigenvalue weighted by molar-refractivity contribution is 5.30. The zero-order valence-electron chi connectivity index (χ0n) is 12.1. The van der Waals surface area contributed by atoms with Crippen LogP contribution in [-0.2, 0) is 6.54 Å². The number of nitrogens with two attached hydrogens (primary N) is 1. The smallest absolute Gasteiger partial charge is 0.119 e. The summed E-state index contributed by atoms with van der Waals surface area (Å²) in [5.74, 6) is 0.851. The van der Waals surface area contributed by atoms with E-state index in [9.17, 15) is 0 Å². The first kappa shape index (κ1) is 14.6. The van der Waals surface area contributed by atoms with Crippen LogP contribution >= 0.6 is 0 Å². The van der Waals surface area contributed by atoms with E-state index >= 15 is 0 Å². The summed E-state index contributed by atoms with van der Waals surface area (Å²) < 4.78 is 5.24. The fraction of sp³-hybridized carbons (Fsp3) is 0.294. The van der Waals surface area contributed by atoms with Crippen molar-refractivity contribution >= 4 is 0 Å². The fourth-order valence-corrected chi connectivity index (χ4v) is 2.27. The standard InChI is InChI=1S/C17H22N2O/c1-19(12-14-7-4-3-5-8-14)13-17(18)15-9-6-10-16(11-15)20-2/h3-11,17H,12-13,18H2,1-2H3. The second kappa shape index (κ2) is 7.08. The van der Waals surface area contributed by atoms with Gasteiger partial charge in [0.1, 0.15) is 5.75 Å². The molecule has 3 nitrogen and oxygen atoms in total. The summed E-state index contributed by atoms with van der Waals surface area (Å²) in [6.45, 7) is 1.71. The Morgan fingerprint density at radius 3 is 2.55 bits per heavy atom. The lowest BCUT2D eigenvalue weighted by atomic mass is 10.1. The van der Waals surface area contributed by atoms with Gasteiger partial charge in [-0.2, -0.15) is 0 Å². The summed E-state index contributed by atoms with van der Waals surface area (Å²) in [6.07, 6.45) is 0. The number of benzene rings is 2. The monoisotopic (exact) mass is 270 g/mol. The average molecular weight is 270 g/mol. The molecule has 0 aliphatic rings. The van der Waals surface area contributed by atoms with Gasteiger partial charge in [0.05, 0.1) is 7.11 Å². The molecule has 0 spiro atoms. The molecular formula is C17H22N2O. The first-order valence-corrected chi connectivity index (χ1v) is 6.81. The van der Waals surface area contributed by atoms with E-state index < -0.39 is 0 Å². The molecule has 2 rings (SSSR count). The lowest BCUT2D eigenvalue weighted by Crippen LogP contribution is -2.28. The summed E-state index contributed by atoms with van der Waals surface area (Å²) in [5.41, 5.74) is 8.68. The molecule has 20 heavy (non-hydrogen) atoms. The predicted octanol–water partition coefficient (Wildman–Crippen LogP) is 2.83. The topological polar surface area (TPSA) is 38.5 Å². The van der Waals surface area contributed by atoms with Gasteiger partial charge in [0, 0.05) is 19.1 Å². The second-order valence-electron chi connectivity index (χ2n) is 5.07. The molecule has 0 aliphatic carbocycles. The second-order valence-corrected chi connectivity index (χ2v) is 5.07. The van der Waals surface area contributed by atoms with E-state index in [0.29, 0.717) is 0 Å². The molecule has 0 bridgehead atoms. The molecule has 2 N–H and O–H groups in total. The van der Waals surface area contributed by atoms with Crippen LogP contribution in [0.3, 0.4) is 0 Å². The quantitative estimate of drug-likeness (QED) is 0.877. The van der Waals surface area contributed by atoms with Crippen LogP contribution in [0.5, 0.6) is 5.75 Å². The number of methoxy groups -OCH3 is 1. The Kier molecular flexibility index (Phi) is 5.16. The Hall–Kier alpha value is -1.84. The van der Waals surface area contributed by atoms with Crippen molar-refractivity contribution in [1.29, 1.82) is 0 Å².